The van der Waals surface area contributed by atoms with Gasteiger partial charge in [-0.1, -0.05) is 0 Å². The zero-order valence-corrected chi connectivity index (χ0v) is 8.92. The van der Waals surface area contributed by atoms with E-state index < -0.39 is 0 Å². The van der Waals surface area contributed by atoms with Gasteiger partial charge in [0.15, 0.2) is 0 Å². The van der Waals surface area contributed by atoms with Crippen molar-refractivity contribution in [1.29, 1.82) is 0 Å². The van der Waals surface area contributed by atoms with E-state index in [0.717, 1.165) is 6.54 Å². The Morgan fingerprint density at radius 3 is 2.75 bits per heavy atom. The summed E-state index contributed by atoms with van der Waals surface area (Å²) in [6.07, 6.45) is 6.37. The van der Waals surface area contributed by atoms with Crippen LogP contribution in [0.15, 0.2) is 12.4 Å². The molecule has 1 aromatic rings. The third-order valence-electron chi connectivity index (χ3n) is 0.848. The Balaban J connectivity index is 0.000000490. The fraction of sp³-hybridized carbons (Fsp3) is 0.400. The van der Waals surface area contributed by atoms with E-state index >= 15 is 0 Å². The summed E-state index contributed by atoms with van der Waals surface area (Å²) < 4.78 is 1.89. The van der Waals surface area contributed by atoms with E-state index in [4.69, 9.17) is 0 Å². The second kappa shape index (κ2) is 4.17. The number of imidazole rings is 1. The number of nitrogens with zero attached hydrogens (tertiary/aromatic N) is 2. The predicted molar refractivity (Wildman–Crippen MR) is 26.7 cm³/mol. The van der Waals surface area contributed by atoms with Gasteiger partial charge in [0.1, 0.15) is 0 Å². The SMILES string of the molecule is CCn1[c-]ncc1.[U]. The molecule has 0 aliphatic rings. The van der Waals surface area contributed by atoms with Gasteiger partial charge < -0.3 is 9.55 Å². The van der Waals surface area contributed by atoms with Crippen molar-refractivity contribution in [3.63, 3.8) is 0 Å². The van der Waals surface area contributed by atoms with Crippen LogP contribution in [0.5, 0.6) is 0 Å². The van der Waals surface area contributed by atoms with Crippen LogP contribution in [0.4, 0.5) is 0 Å². The third-order valence-corrected chi connectivity index (χ3v) is 0.848. The number of aromatic nitrogens is 2. The van der Waals surface area contributed by atoms with Gasteiger partial charge in [0.2, 0.25) is 0 Å². The number of rotatable bonds is 1. The fourth-order valence-electron chi connectivity index (χ4n) is 0.431. The molecule has 0 amide bonds. The molecular formula is C5H7N2U-. The van der Waals surface area contributed by atoms with E-state index in [2.05, 4.69) is 18.2 Å². The molecule has 0 spiro atoms. The molecule has 0 aliphatic carbocycles. The van der Waals surface area contributed by atoms with E-state index in [1.165, 1.54) is 0 Å². The molecule has 0 aliphatic heterocycles. The molecule has 0 unspecified atom stereocenters. The maximum Gasteiger partial charge on any atom is 0.000385 e. The first-order valence-corrected chi connectivity index (χ1v) is 2.32. The summed E-state index contributed by atoms with van der Waals surface area (Å²) in [4.78, 5) is 3.73. The van der Waals surface area contributed by atoms with Crippen LogP contribution in [0.25, 0.3) is 0 Å². The molecule has 0 N–H and O–H groups in total. The number of hydrogen-bond acceptors (Lipinski definition) is 1. The van der Waals surface area contributed by atoms with Gasteiger partial charge in [0.05, 0.1) is 0 Å². The van der Waals surface area contributed by atoms with Gasteiger partial charge in [-0.3, -0.25) is 0 Å². The fourth-order valence-corrected chi connectivity index (χ4v) is 0.431. The summed E-state index contributed by atoms with van der Waals surface area (Å²) in [5.74, 6) is 0. The molecule has 0 atom stereocenters. The van der Waals surface area contributed by atoms with Crippen LogP contribution >= 0.6 is 0 Å². The van der Waals surface area contributed by atoms with Gasteiger partial charge in [-0.05, 0) is 13.5 Å². The molecule has 1 aromatic heterocycles. The van der Waals surface area contributed by atoms with Crippen LogP contribution in [0.2, 0.25) is 0 Å². The van der Waals surface area contributed by atoms with Crippen LogP contribution in [0.3, 0.4) is 0 Å². The Morgan fingerprint density at radius 1 is 1.75 bits per heavy atom. The smallest absolute Gasteiger partial charge is 0.000385 e. The van der Waals surface area contributed by atoms with Crippen molar-refractivity contribution >= 4 is 0 Å². The monoisotopic (exact) mass is 333 g/mol. The van der Waals surface area contributed by atoms with E-state index in [-0.39, 0.29) is 31.1 Å². The molecule has 2 nitrogen and oxygen atoms in total. The van der Waals surface area contributed by atoms with Gasteiger partial charge in [-0.2, -0.15) is 0 Å². The van der Waals surface area contributed by atoms with E-state index in [1.54, 1.807) is 6.20 Å². The third kappa shape index (κ3) is 2.02. The molecule has 0 bridgehead atoms. The van der Waals surface area contributed by atoms with Crippen molar-refractivity contribution in [2.24, 2.45) is 0 Å². The Kier molecular flexibility index (Phi) is 4.31. The molecule has 0 radical (unpaired) electrons. The predicted octanol–water partition coefficient (Wildman–Crippen LogP) is 0.703. The molecule has 3 heteroatoms. The summed E-state index contributed by atoms with van der Waals surface area (Å²) >= 11 is 0. The topological polar surface area (TPSA) is 17.8 Å². The van der Waals surface area contributed by atoms with E-state index in [9.17, 15) is 0 Å². The summed E-state index contributed by atoms with van der Waals surface area (Å²) in [5.41, 5.74) is 0. The van der Waals surface area contributed by atoms with Crippen molar-refractivity contribution in [2.75, 3.05) is 0 Å². The maximum atomic E-state index is 3.73. The van der Waals surface area contributed by atoms with Gasteiger partial charge in [-0.25, -0.2) is 0 Å². The van der Waals surface area contributed by atoms with Gasteiger partial charge >= 0.3 is 0 Å². The van der Waals surface area contributed by atoms with Crippen LogP contribution in [0, 0.1) is 37.4 Å². The van der Waals surface area contributed by atoms with E-state index in [1.807, 2.05) is 10.8 Å². The average molecular weight is 333 g/mol. The summed E-state index contributed by atoms with van der Waals surface area (Å²) in [7, 11) is 0. The minimum Gasteiger partial charge on any atom is -0.454 e. The first kappa shape index (κ1) is 8.26. The molecule has 1 heterocycles. The Labute approximate surface area is 72.7 Å². The van der Waals surface area contributed by atoms with Crippen molar-refractivity contribution < 1.29 is 31.1 Å². The van der Waals surface area contributed by atoms with E-state index in [0.29, 0.717) is 0 Å². The van der Waals surface area contributed by atoms with Gasteiger partial charge in [-0.15, -0.1) is 12.4 Å². The molecular weight excluding hydrogens is 326 g/mol. The molecule has 0 saturated carbocycles. The van der Waals surface area contributed by atoms with Crippen LogP contribution in [0.1, 0.15) is 6.92 Å². The Bertz CT molecular complexity index is 125. The first-order valence-electron chi connectivity index (χ1n) is 2.32. The summed E-state index contributed by atoms with van der Waals surface area (Å²) in [6.45, 7) is 3.01. The Morgan fingerprint density at radius 2 is 2.50 bits per heavy atom. The first-order chi connectivity index (χ1) is 3.43. The van der Waals surface area contributed by atoms with Crippen LogP contribution < -0.4 is 0 Å². The van der Waals surface area contributed by atoms with Gasteiger partial charge in [0, 0.05) is 37.4 Å². The Hall–Kier alpha value is 0.262. The average Bonchev–Trinajstić information content (AvgIpc) is 2.14. The van der Waals surface area contributed by atoms with Crippen LogP contribution in [-0.4, -0.2) is 9.55 Å². The second-order valence-electron chi connectivity index (χ2n) is 1.31. The minimum atomic E-state index is 0. The van der Waals surface area contributed by atoms with Crippen molar-refractivity contribution in [2.45, 2.75) is 13.5 Å². The minimum absolute atomic E-state index is 0. The second-order valence-corrected chi connectivity index (χ2v) is 1.31. The summed E-state index contributed by atoms with van der Waals surface area (Å²) in [5, 5.41) is 0. The molecule has 0 aromatic carbocycles. The molecule has 42 valence electrons. The zero-order valence-electron chi connectivity index (χ0n) is 4.76. The number of aryl methyl sites for hydroxylation is 1. The van der Waals surface area contributed by atoms with Crippen molar-refractivity contribution in [3.8, 4) is 0 Å². The quantitative estimate of drug-likeness (QED) is 0.692. The van der Waals surface area contributed by atoms with Crippen LogP contribution in [-0.2, 0) is 6.54 Å². The summed E-state index contributed by atoms with van der Waals surface area (Å²) in [6, 6.07) is 0. The molecule has 1 rings (SSSR count). The molecule has 0 fully saturated rings. The largest absolute Gasteiger partial charge is 0.454 e. The number of hydrogen-bond donors (Lipinski definition) is 0. The van der Waals surface area contributed by atoms with Crippen molar-refractivity contribution in [3.05, 3.63) is 18.7 Å². The zero-order chi connectivity index (χ0) is 5.11. The van der Waals surface area contributed by atoms with Gasteiger partial charge in [0.25, 0.3) is 0 Å². The normalized spacial score (nSPS) is 8.12. The molecule has 0 saturated heterocycles. The standard InChI is InChI=1S/C5H7N2.U/c1-2-7-4-3-6-5-7;/h3-4H,2H2,1H3;/q-1;. The maximum absolute atomic E-state index is 3.73. The molecule has 8 heavy (non-hydrogen) atoms. The van der Waals surface area contributed by atoms with Crippen molar-refractivity contribution in [1.82, 2.24) is 9.55 Å².